The normalized spacial score (nSPS) is 0. The first-order valence-corrected chi connectivity index (χ1v) is 0. The minimum absolute atomic E-state index is 0. The summed E-state index contributed by atoms with van der Waals surface area (Å²) < 4.78 is 0. The summed E-state index contributed by atoms with van der Waals surface area (Å²) in [6, 6.07) is 0. The van der Waals surface area contributed by atoms with Crippen molar-refractivity contribution in [2.45, 2.75) is 0 Å². The van der Waals surface area contributed by atoms with E-state index in [1.54, 1.807) is 0 Å². The van der Waals surface area contributed by atoms with Crippen molar-refractivity contribution in [2.24, 2.45) is 0 Å². The topological polar surface area (TPSA) is 0 Å². The van der Waals surface area contributed by atoms with Crippen LogP contribution in [0.15, 0.2) is 0 Å². The maximum absolute atomic E-state index is 0. The van der Waals surface area contributed by atoms with Crippen LogP contribution in [-0.4, -0.2) is 121 Å². The maximum atomic E-state index is 0. The molecule has 0 saturated carbocycles. The molecule has 0 saturated heterocycles. The molecule has 0 aliphatic heterocycles. The van der Waals surface area contributed by atoms with Gasteiger partial charge in [0.15, 0.2) is 0 Å². The van der Waals surface area contributed by atoms with Gasteiger partial charge in [0.25, 0.3) is 0 Å². The van der Waals surface area contributed by atoms with E-state index in [9.17, 15) is 0 Å². The molecule has 22 valence electrons. The summed E-state index contributed by atoms with van der Waals surface area (Å²) in [6.07, 6.45) is 0. The Kier molecular flexibility index (Phi) is 90.0. The molecule has 0 aliphatic carbocycles. The molecule has 0 aliphatic rings. The van der Waals surface area contributed by atoms with Crippen LogP contribution in [0.2, 0.25) is 0 Å². The quantitative estimate of drug-likeness (QED) is 0.374. The molecule has 4 heteroatoms. The van der Waals surface area contributed by atoms with Crippen molar-refractivity contribution >= 4 is 121 Å². The van der Waals surface area contributed by atoms with Crippen molar-refractivity contribution in [2.75, 3.05) is 0 Å². The molecular formula is H7GdGeRbSr. The summed E-state index contributed by atoms with van der Waals surface area (Å²) in [5, 5.41) is 0. The van der Waals surface area contributed by atoms with E-state index in [1.165, 1.54) is 0 Å². The Morgan fingerprint density at radius 1 is 1.00 bits per heavy atom. The molecule has 0 nitrogen and oxygen atoms in total. The van der Waals surface area contributed by atoms with E-state index in [-0.39, 0.29) is 161 Å². The van der Waals surface area contributed by atoms with Crippen molar-refractivity contribution in [3.05, 3.63) is 0 Å². The number of rotatable bonds is 0. The summed E-state index contributed by atoms with van der Waals surface area (Å²) in [4.78, 5) is 0. The van der Waals surface area contributed by atoms with Gasteiger partial charge in [-0.2, -0.15) is 0 Å². The van der Waals surface area contributed by atoms with Crippen LogP contribution in [-0.2, 0) is 0 Å². The van der Waals surface area contributed by atoms with Gasteiger partial charge in [-0.05, 0) is 0 Å². The molecule has 0 rings (SSSR count). The number of hydrogen-bond donors (Lipinski definition) is 0. The molecule has 0 aromatic carbocycles. The van der Waals surface area contributed by atoms with E-state index in [0.29, 0.717) is 0 Å². The summed E-state index contributed by atoms with van der Waals surface area (Å²) in [5.74, 6) is 0. The van der Waals surface area contributed by atoms with Gasteiger partial charge >= 0.3 is 121 Å². The van der Waals surface area contributed by atoms with Gasteiger partial charge in [0, 0.05) is 39.9 Å². The van der Waals surface area contributed by atoms with Gasteiger partial charge in [0.05, 0.1) is 0 Å². The molecule has 0 aromatic heterocycles. The fourth-order valence-electron chi connectivity index (χ4n) is 0. The summed E-state index contributed by atoms with van der Waals surface area (Å²) in [7, 11) is 0. The van der Waals surface area contributed by atoms with Crippen molar-refractivity contribution in [1.29, 1.82) is 0 Å². The average Bonchev–Trinajstić information content (AvgIpc) is 0. The zero-order valence-corrected chi connectivity index (χ0v) is 2.62. The third-order valence-electron chi connectivity index (χ3n) is 0. The van der Waals surface area contributed by atoms with Crippen LogP contribution < -0.4 is 0 Å². The van der Waals surface area contributed by atoms with Crippen molar-refractivity contribution in [3.63, 3.8) is 0 Å². The molecular weight excluding hydrogens is 403 g/mol. The Bertz CT molecular complexity index is 8.00. The van der Waals surface area contributed by atoms with Crippen molar-refractivity contribution in [1.82, 2.24) is 0 Å². The Hall–Kier alpha value is 5.15. The average molecular weight is 410 g/mol. The van der Waals surface area contributed by atoms with Gasteiger partial charge in [-0.25, -0.2) is 0 Å². The third-order valence-corrected chi connectivity index (χ3v) is 0. The second-order valence-corrected chi connectivity index (χ2v) is 0. The zero-order valence-electron chi connectivity index (χ0n) is 0.354. The molecule has 4 heavy (non-hydrogen) atoms. The van der Waals surface area contributed by atoms with Gasteiger partial charge in [0.1, 0.15) is 0 Å². The van der Waals surface area contributed by atoms with Crippen LogP contribution >= 0.6 is 0 Å². The van der Waals surface area contributed by atoms with Crippen LogP contribution in [0.4, 0.5) is 0 Å². The second-order valence-electron chi connectivity index (χ2n) is 0. The van der Waals surface area contributed by atoms with Gasteiger partial charge < -0.3 is 0 Å². The van der Waals surface area contributed by atoms with E-state index in [4.69, 9.17) is 0 Å². The first-order valence-electron chi connectivity index (χ1n) is 0. The Morgan fingerprint density at radius 2 is 1.00 bits per heavy atom. The SMILES string of the molecule is [Gd].[GeH4].[RbH].[SrH2]. The van der Waals surface area contributed by atoms with Gasteiger partial charge in [-0.1, -0.05) is 0 Å². The Morgan fingerprint density at radius 3 is 1.00 bits per heavy atom. The molecule has 0 fully saturated rings. The second kappa shape index (κ2) is 15.7. The standard InChI is InChI=1S/Gd.GeH4.Rb.Sr.3H/h;1H4;;;;;. The molecule has 0 atom stereocenters. The first-order chi connectivity index (χ1) is 0. The van der Waals surface area contributed by atoms with Crippen LogP contribution in [0.3, 0.4) is 0 Å². The van der Waals surface area contributed by atoms with E-state index < -0.39 is 0 Å². The minimum atomic E-state index is 0. The molecule has 0 spiro atoms. The fourth-order valence-corrected chi connectivity index (χ4v) is 0. The van der Waals surface area contributed by atoms with Gasteiger partial charge in [-0.15, -0.1) is 0 Å². The monoisotopic (exact) mass is 412 g/mol. The van der Waals surface area contributed by atoms with Gasteiger partial charge in [0.2, 0.25) is 0 Å². The van der Waals surface area contributed by atoms with E-state index >= 15 is 0 Å². The molecule has 0 unspecified atom stereocenters. The summed E-state index contributed by atoms with van der Waals surface area (Å²) >= 11 is 0. The molecule has 0 amide bonds. The summed E-state index contributed by atoms with van der Waals surface area (Å²) in [5.41, 5.74) is 0. The van der Waals surface area contributed by atoms with Gasteiger partial charge in [-0.3, -0.25) is 0 Å². The summed E-state index contributed by atoms with van der Waals surface area (Å²) in [6.45, 7) is 0. The Labute approximate surface area is 155 Å². The Balaban J connectivity index is 0. The van der Waals surface area contributed by atoms with Crippen LogP contribution in [0, 0.1) is 39.9 Å². The van der Waals surface area contributed by atoms with E-state index in [2.05, 4.69) is 0 Å². The molecule has 0 aromatic rings. The van der Waals surface area contributed by atoms with Crippen LogP contribution in [0.1, 0.15) is 0 Å². The zero-order chi connectivity index (χ0) is 0. The molecule has 0 heterocycles. The molecule has 0 bridgehead atoms. The van der Waals surface area contributed by atoms with Crippen molar-refractivity contribution < 1.29 is 39.9 Å². The molecule has 0 radical (unpaired) electrons. The third kappa shape index (κ3) is 10.2. The molecule has 0 N–H and O–H groups in total. The van der Waals surface area contributed by atoms with Crippen LogP contribution in [0.5, 0.6) is 0 Å². The predicted molar refractivity (Wildman–Crippen MR) is 27.0 cm³/mol. The van der Waals surface area contributed by atoms with E-state index in [1.807, 2.05) is 0 Å². The predicted octanol–water partition coefficient (Wildman–Crippen LogP) is -3.02. The van der Waals surface area contributed by atoms with Crippen LogP contribution in [0.25, 0.3) is 0 Å². The number of hydrogen-bond acceptors (Lipinski definition) is 0. The first kappa shape index (κ1) is 22.9. The van der Waals surface area contributed by atoms with E-state index in [0.717, 1.165) is 0 Å². The van der Waals surface area contributed by atoms with Crippen molar-refractivity contribution in [3.8, 4) is 0 Å². The fraction of sp³-hybridized carbons (Fsp3) is 0.